The molecule has 0 unspecified atom stereocenters. The number of aliphatic imine (C=N–C) groups is 1. The molecule has 1 aromatic rings. The molecule has 0 atom stereocenters. The number of nitrogens with zero attached hydrogens (tertiary/aromatic N) is 2. The molecule has 136 valence electrons. The maximum atomic E-state index is 13.3. The second-order valence-corrected chi connectivity index (χ2v) is 5.66. The summed E-state index contributed by atoms with van der Waals surface area (Å²) in [5.74, 6) is 0.621. The minimum atomic E-state index is -0.173. The van der Waals surface area contributed by atoms with Crippen LogP contribution in [-0.2, 0) is 11.3 Å². The number of hydrogen-bond acceptors (Lipinski definition) is 3. The number of aryl methyl sites for hydroxylation is 1. The summed E-state index contributed by atoms with van der Waals surface area (Å²) < 4.78 is 18.6. The zero-order valence-electron chi connectivity index (χ0n) is 14.5. The standard InChI is InChI=1S/C17H27FN4O.HI/c1-3-19-17(20-6-7-22-8-10-23-11-9-22)21-13-15-4-5-16(18)14(2)12-15;/h4-5,12H,3,6-11,13H2,1-2H3,(H2,19,20,21);1H. The highest BCUT2D eigenvalue weighted by atomic mass is 127. The summed E-state index contributed by atoms with van der Waals surface area (Å²) >= 11 is 0. The summed E-state index contributed by atoms with van der Waals surface area (Å²) in [6.45, 7) is 10.6. The second kappa shape index (κ2) is 11.6. The highest BCUT2D eigenvalue weighted by Crippen LogP contribution is 2.10. The number of nitrogens with one attached hydrogen (secondary N) is 2. The molecule has 1 fully saturated rings. The van der Waals surface area contributed by atoms with Crippen molar-refractivity contribution in [3.8, 4) is 0 Å². The third-order valence-electron chi connectivity index (χ3n) is 3.81. The largest absolute Gasteiger partial charge is 0.379 e. The van der Waals surface area contributed by atoms with E-state index in [0.717, 1.165) is 57.5 Å². The average Bonchev–Trinajstić information content (AvgIpc) is 2.56. The molecule has 0 amide bonds. The first-order valence-electron chi connectivity index (χ1n) is 8.26. The quantitative estimate of drug-likeness (QED) is 0.396. The minimum absolute atomic E-state index is 0. The molecule has 1 saturated heterocycles. The summed E-state index contributed by atoms with van der Waals surface area (Å²) in [6, 6.07) is 5.12. The van der Waals surface area contributed by atoms with Crippen molar-refractivity contribution in [2.75, 3.05) is 45.9 Å². The van der Waals surface area contributed by atoms with Crippen molar-refractivity contribution in [2.24, 2.45) is 4.99 Å². The molecule has 1 aromatic carbocycles. The van der Waals surface area contributed by atoms with E-state index in [1.165, 1.54) is 6.07 Å². The summed E-state index contributed by atoms with van der Waals surface area (Å²) in [6.07, 6.45) is 0. The van der Waals surface area contributed by atoms with Gasteiger partial charge in [0.1, 0.15) is 5.82 Å². The SMILES string of the molecule is CCNC(=NCc1ccc(F)c(C)c1)NCCN1CCOCC1.I. The van der Waals surface area contributed by atoms with Gasteiger partial charge < -0.3 is 15.4 Å². The maximum absolute atomic E-state index is 13.3. The molecule has 2 rings (SSSR count). The Balaban J connectivity index is 0.00000288. The predicted molar refractivity (Wildman–Crippen MR) is 107 cm³/mol. The van der Waals surface area contributed by atoms with Gasteiger partial charge in [-0.25, -0.2) is 9.38 Å². The smallest absolute Gasteiger partial charge is 0.191 e. The van der Waals surface area contributed by atoms with E-state index in [2.05, 4.69) is 20.5 Å². The molecule has 7 heteroatoms. The van der Waals surface area contributed by atoms with Crippen LogP contribution in [0.3, 0.4) is 0 Å². The molecule has 1 heterocycles. The average molecular weight is 450 g/mol. The predicted octanol–water partition coefficient (Wildman–Crippen LogP) is 2.14. The third kappa shape index (κ3) is 7.31. The van der Waals surface area contributed by atoms with Crippen LogP contribution in [-0.4, -0.2) is 56.8 Å². The monoisotopic (exact) mass is 450 g/mol. The Labute approximate surface area is 161 Å². The number of rotatable bonds is 6. The highest BCUT2D eigenvalue weighted by Gasteiger charge is 2.09. The fourth-order valence-corrected chi connectivity index (χ4v) is 2.47. The Morgan fingerprint density at radius 1 is 1.29 bits per heavy atom. The highest BCUT2D eigenvalue weighted by molar-refractivity contribution is 14.0. The molecule has 2 N–H and O–H groups in total. The third-order valence-corrected chi connectivity index (χ3v) is 3.81. The van der Waals surface area contributed by atoms with Crippen molar-refractivity contribution in [3.63, 3.8) is 0 Å². The van der Waals surface area contributed by atoms with Crippen LogP contribution in [0.25, 0.3) is 0 Å². The van der Waals surface area contributed by atoms with E-state index in [1.807, 2.05) is 13.0 Å². The molecule has 0 aliphatic carbocycles. The molecule has 1 aliphatic rings. The van der Waals surface area contributed by atoms with Crippen LogP contribution in [0.1, 0.15) is 18.1 Å². The molecule has 24 heavy (non-hydrogen) atoms. The summed E-state index contributed by atoms with van der Waals surface area (Å²) in [5, 5.41) is 6.58. The molecule has 1 aliphatic heterocycles. The first-order valence-corrected chi connectivity index (χ1v) is 8.26. The lowest BCUT2D eigenvalue weighted by Crippen LogP contribution is -2.44. The van der Waals surface area contributed by atoms with Crippen molar-refractivity contribution in [1.82, 2.24) is 15.5 Å². The number of halogens is 2. The Morgan fingerprint density at radius 3 is 2.71 bits per heavy atom. The first kappa shape index (κ1) is 21.1. The lowest BCUT2D eigenvalue weighted by atomic mass is 10.1. The number of hydrogen-bond donors (Lipinski definition) is 2. The van der Waals surface area contributed by atoms with E-state index in [9.17, 15) is 4.39 Å². The van der Waals surface area contributed by atoms with Gasteiger partial charge in [-0.15, -0.1) is 24.0 Å². The van der Waals surface area contributed by atoms with E-state index in [-0.39, 0.29) is 29.8 Å². The molecule has 0 spiro atoms. The van der Waals surface area contributed by atoms with E-state index >= 15 is 0 Å². The topological polar surface area (TPSA) is 48.9 Å². The van der Waals surface area contributed by atoms with Gasteiger partial charge in [-0.1, -0.05) is 12.1 Å². The van der Waals surface area contributed by atoms with Gasteiger partial charge in [0, 0.05) is 32.7 Å². The lowest BCUT2D eigenvalue weighted by Gasteiger charge is -2.26. The van der Waals surface area contributed by atoms with Crippen LogP contribution in [0.4, 0.5) is 4.39 Å². The Bertz CT molecular complexity index is 521. The molecular weight excluding hydrogens is 422 g/mol. The van der Waals surface area contributed by atoms with Gasteiger partial charge in [0.05, 0.1) is 19.8 Å². The van der Waals surface area contributed by atoms with Crippen molar-refractivity contribution in [2.45, 2.75) is 20.4 Å². The van der Waals surface area contributed by atoms with Gasteiger partial charge in [-0.2, -0.15) is 0 Å². The summed E-state index contributed by atoms with van der Waals surface area (Å²) in [4.78, 5) is 6.94. The van der Waals surface area contributed by atoms with Gasteiger partial charge in [0.25, 0.3) is 0 Å². The second-order valence-electron chi connectivity index (χ2n) is 5.66. The van der Waals surface area contributed by atoms with Crippen LogP contribution in [0.2, 0.25) is 0 Å². The number of guanidine groups is 1. The van der Waals surface area contributed by atoms with E-state index < -0.39 is 0 Å². The van der Waals surface area contributed by atoms with Gasteiger partial charge in [0.15, 0.2) is 5.96 Å². The molecular formula is C17H28FIN4O. The van der Waals surface area contributed by atoms with E-state index in [0.29, 0.717) is 12.1 Å². The summed E-state index contributed by atoms with van der Waals surface area (Å²) in [7, 11) is 0. The van der Waals surface area contributed by atoms with Crippen molar-refractivity contribution in [3.05, 3.63) is 35.1 Å². The van der Waals surface area contributed by atoms with Gasteiger partial charge in [-0.3, -0.25) is 4.90 Å². The van der Waals surface area contributed by atoms with Gasteiger partial charge >= 0.3 is 0 Å². The fourth-order valence-electron chi connectivity index (χ4n) is 2.47. The van der Waals surface area contributed by atoms with Crippen LogP contribution in [0, 0.1) is 12.7 Å². The fraction of sp³-hybridized carbons (Fsp3) is 0.588. The van der Waals surface area contributed by atoms with Gasteiger partial charge in [0.2, 0.25) is 0 Å². The first-order chi connectivity index (χ1) is 11.2. The Kier molecular flexibility index (Phi) is 10.2. The Morgan fingerprint density at radius 2 is 2.04 bits per heavy atom. The number of benzene rings is 1. The van der Waals surface area contributed by atoms with Crippen molar-refractivity contribution in [1.29, 1.82) is 0 Å². The number of morpholine rings is 1. The zero-order valence-corrected chi connectivity index (χ0v) is 16.8. The molecule has 0 saturated carbocycles. The zero-order chi connectivity index (χ0) is 16.5. The van der Waals surface area contributed by atoms with Gasteiger partial charge in [-0.05, 0) is 31.0 Å². The van der Waals surface area contributed by atoms with E-state index in [4.69, 9.17) is 4.74 Å². The minimum Gasteiger partial charge on any atom is -0.379 e. The number of ether oxygens (including phenoxy) is 1. The normalized spacial score (nSPS) is 15.7. The molecule has 0 radical (unpaired) electrons. The maximum Gasteiger partial charge on any atom is 0.191 e. The van der Waals surface area contributed by atoms with Crippen LogP contribution in [0.5, 0.6) is 0 Å². The van der Waals surface area contributed by atoms with Crippen LogP contribution in [0.15, 0.2) is 23.2 Å². The molecule has 5 nitrogen and oxygen atoms in total. The molecule has 0 bridgehead atoms. The summed E-state index contributed by atoms with van der Waals surface area (Å²) in [5.41, 5.74) is 1.66. The molecule has 0 aromatic heterocycles. The Hall–Kier alpha value is -0.930. The van der Waals surface area contributed by atoms with E-state index in [1.54, 1.807) is 13.0 Å². The van der Waals surface area contributed by atoms with Crippen molar-refractivity contribution < 1.29 is 9.13 Å². The van der Waals surface area contributed by atoms with Crippen LogP contribution < -0.4 is 10.6 Å². The lowest BCUT2D eigenvalue weighted by molar-refractivity contribution is 0.0389. The van der Waals surface area contributed by atoms with Crippen LogP contribution >= 0.6 is 24.0 Å². The van der Waals surface area contributed by atoms with Crippen molar-refractivity contribution >= 4 is 29.9 Å².